The molecule has 4 rings (SSSR count). The molecule has 0 aliphatic heterocycles. The summed E-state index contributed by atoms with van der Waals surface area (Å²) in [5, 5.41) is 1.18. The molecule has 0 radical (unpaired) electrons. The topological polar surface area (TPSA) is 63.2 Å². The van der Waals surface area contributed by atoms with Crippen molar-refractivity contribution in [2.75, 3.05) is 0 Å². The molecule has 4 nitrogen and oxygen atoms in total. The average molecular weight is 462 g/mol. The van der Waals surface area contributed by atoms with Crippen molar-refractivity contribution in [2.45, 2.75) is 17.6 Å². The van der Waals surface area contributed by atoms with Crippen molar-refractivity contribution >= 4 is 27.8 Å². The highest BCUT2D eigenvalue weighted by Gasteiger charge is 2.40. The Morgan fingerprint density at radius 2 is 1.09 bits per heavy atom. The highest BCUT2D eigenvalue weighted by atomic mass is 32.2. The van der Waals surface area contributed by atoms with Crippen molar-refractivity contribution in [1.82, 2.24) is 4.72 Å². The summed E-state index contributed by atoms with van der Waals surface area (Å²) in [4.78, 5) is 0.136. The standard InChI is InChI=1S/C26H24NO3PS/c1-21-17-19-25(20-18-21)32(29,30)27-26(22-11-5-2-6-12-22)31(28,23-13-7-3-8-14-23)24-15-9-4-10-16-24/h2-20,26-27H,1H3/t26-/m0/s1. The minimum absolute atomic E-state index is 0.136. The molecule has 0 unspecified atom stereocenters. The van der Waals surface area contributed by atoms with Crippen molar-refractivity contribution in [1.29, 1.82) is 0 Å². The molecule has 0 spiro atoms. The molecule has 0 aliphatic carbocycles. The molecule has 32 heavy (non-hydrogen) atoms. The summed E-state index contributed by atoms with van der Waals surface area (Å²) in [6.45, 7) is 1.90. The molecule has 0 heterocycles. The second-order valence-corrected chi connectivity index (χ2v) is 12.2. The van der Waals surface area contributed by atoms with Crippen LogP contribution in [-0.4, -0.2) is 8.42 Å². The van der Waals surface area contributed by atoms with E-state index in [9.17, 15) is 13.0 Å². The van der Waals surface area contributed by atoms with E-state index in [1.165, 1.54) is 0 Å². The van der Waals surface area contributed by atoms with Gasteiger partial charge in [0.1, 0.15) is 5.78 Å². The van der Waals surface area contributed by atoms with Crippen LogP contribution in [0.5, 0.6) is 0 Å². The average Bonchev–Trinajstić information content (AvgIpc) is 2.84. The molecule has 0 aliphatic rings. The molecule has 0 aromatic heterocycles. The van der Waals surface area contributed by atoms with E-state index in [0.717, 1.165) is 5.56 Å². The molecule has 1 atom stereocenters. The number of aryl methyl sites for hydroxylation is 1. The van der Waals surface area contributed by atoms with Gasteiger partial charge in [0.25, 0.3) is 0 Å². The maximum atomic E-state index is 15.0. The van der Waals surface area contributed by atoms with Crippen molar-refractivity contribution < 1.29 is 13.0 Å². The maximum Gasteiger partial charge on any atom is 0.241 e. The van der Waals surface area contributed by atoms with Gasteiger partial charge >= 0.3 is 0 Å². The number of hydrogen-bond acceptors (Lipinski definition) is 3. The second kappa shape index (κ2) is 9.25. The van der Waals surface area contributed by atoms with Crippen LogP contribution in [0.25, 0.3) is 0 Å². The Morgan fingerprint density at radius 1 is 0.656 bits per heavy atom. The zero-order chi connectivity index (χ0) is 22.6. The summed E-state index contributed by atoms with van der Waals surface area (Å²) in [6.07, 6.45) is 0. The Kier molecular flexibility index (Phi) is 6.43. The van der Waals surface area contributed by atoms with Gasteiger partial charge in [-0.25, -0.2) is 8.42 Å². The van der Waals surface area contributed by atoms with Crippen molar-refractivity contribution in [3.05, 3.63) is 126 Å². The quantitative estimate of drug-likeness (QED) is 0.395. The summed E-state index contributed by atoms with van der Waals surface area (Å²) >= 11 is 0. The third kappa shape index (κ3) is 4.46. The van der Waals surface area contributed by atoms with Crippen molar-refractivity contribution in [3.63, 3.8) is 0 Å². The largest absolute Gasteiger partial charge is 0.312 e. The number of benzene rings is 4. The predicted octanol–water partition coefficient (Wildman–Crippen LogP) is 4.99. The van der Waals surface area contributed by atoms with Gasteiger partial charge in [-0.2, -0.15) is 4.72 Å². The molecule has 1 N–H and O–H groups in total. The van der Waals surface area contributed by atoms with Crippen molar-refractivity contribution in [3.8, 4) is 0 Å². The zero-order valence-electron chi connectivity index (χ0n) is 17.6. The van der Waals surface area contributed by atoms with Crippen molar-refractivity contribution in [2.24, 2.45) is 0 Å². The van der Waals surface area contributed by atoms with Crippen LogP contribution in [-0.2, 0) is 14.6 Å². The lowest BCUT2D eigenvalue weighted by molar-refractivity contribution is 0.560. The van der Waals surface area contributed by atoms with Gasteiger partial charge in [0.15, 0.2) is 7.14 Å². The Labute approximate surface area is 189 Å². The normalized spacial score (nSPS) is 12.9. The predicted molar refractivity (Wildman–Crippen MR) is 130 cm³/mol. The molecule has 0 saturated carbocycles. The molecule has 0 bridgehead atoms. The van der Waals surface area contributed by atoms with Gasteiger partial charge in [-0.05, 0) is 24.6 Å². The Bertz CT molecular complexity index is 1280. The first kappa shape index (κ1) is 22.2. The number of rotatable bonds is 7. The smallest absolute Gasteiger partial charge is 0.241 e. The maximum absolute atomic E-state index is 15.0. The molecule has 6 heteroatoms. The fraction of sp³-hybridized carbons (Fsp3) is 0.0769. The van der Waals surface area contributed by atoms with E-state index in [0.29, 0.717) is 16.2 Å². The minimum Gasteiger partial charge on any atom is -0.312 e. The molecule has 162 valence electrons. The van der Waals surface area contributed by atoms with E-state index >= 15 is 0 Å². The van der Waals surface area contributed by atoms with Gasteiger partial charge in [0.05, 0.1) is 4.90 Å². The van der Waals surface area contributed by atoms with Gasteiger partial charge < -0.3 is 4.57 Å². The van der Waals surface area contributed by atoms with Gasteiger partial charge in [-0.1, -0.05) is 109 Å². The first-order valence-electron chi connectivity index (χ1n) is 10.3. The van der Waals surface area contributed by atoms with Gasteiger partial charge in [-0.15, -0.1) is 0 Å². The summed E-state index contributed by atoms with van der Waals surface area (Å²) in [7, 11) is -7.42. The number of nitrogens with one attached hydrogen (secondary N) is 1. The number of sulfonamides is 1. The van der Waals surface area contributed by atoms with Gasteiger partial charge in [0.2, 0.25) is 10.0 Å². The third-order valence-electron chi connectivity index (χ3n) is 5.36. The third-order valence-corrected chi connectivity index (χ3v) is 10.3. The Hall–Kier alpha value is -2.98. The zero-order valence-corrected chi connectivity index (χ0v) is 19.3. The molecule has 0 saturated heterocycles. The summed E-state index contributed by atoms with van der Waals surface area (Å²) in [5.74, 6) is -0.972. The molecule has 0 amide bonds. The lowest BCUT2D eigenvalue weighted by Crippen LogP contribution is -2.34. The minimum atomic E-state index is -3.95. The second-order valence-electron chi connectivity index (χ2n) is 7.58. The van der Waals surface area contributed by atoms with Crippen LogP contribution in [0, 0.1) is 6.92 Å². The summed E-state index contributed by atoms with van der Waals surface area (Å²) < 4.78 is 44.6. The lowest BCUT2D eigenvalue weighted by Gasteiger charge is -2.30. The molecular formula is C26H24NO3PS. The van der Waals surface area contributed by atoms with E-state index in [2.05, 4.69) is 4.72 Å². The Morgan fingerprint density at radius 3 is 1.56 bits per heavy atom. The monoisotopic (exact) mass is 461 g/mol. The fourth-order valence-corrected chi connectivity index (χ4v) is 8.45. The molecule has 0 fully saturated rings. The van der Waals surface area contributed by atoms with E-state index < -0.39 is 22.9 Å². The van der Waals surface area contributed by atoms with Crippen LogP contribution >= 0.6 is 7.14 Å². The highest BCUT2D eigenvalue weighted by molar-refractivity contribution is 7.90. The van der Waals surface area contributed by atoms with Gasteiger partial charge in [-0.3, -0.25) is 0 Å². The number of hydrogen-bond donors (Lipinski definition) is 1. The van der Waals surface area contributed by atoms with E-state index in [4.69, 9.17) is 0 Å². The van der Waals surface area contributed by atoms with Crippen LogP contribution in [0.15, 0.2) is 120 Å². The highest BCUT2D eigenvalue weighted by Crippen LogP contribution is 2.56. The van der Waals surface area contributed by atoms with Crippen LogP contribution < -0.4 is 15.3 Å². The molecular weight excluding hydrogens is 437 g/mol. The van der Waals surface area contributed by atoms with E-state index in [1.54, 1.807) is 60.7 Å². The van der Waals surface area contributed by atoms with Gasteiger partial charge in [0, 0.05) is 10.6 Å². The first-order chi connectivity index (χ1) is 15.4. The summed E-state index contributed by atoms with van der Waals surface area (Å²) in [5.41, 5.74) is 1.60. The summed E-state index contributed by atoms with van der Waals surface area (Å²) in [6, 6.07) is 33.9. The fourth-order valence-electron chi connectivity index (χ4n) is 3.67. The molecule has 4 aromatic rings. The van der Waals surface area contributed by atoms with Crippen LogP contribution in [0.1, 0.15) is 16.9 Å². The van der Waals surface area contributed by atoms with E-state index in [1.807, 2.05) is 61.5 Å². The molecule has 4 aromatic carbocycles. The van der Waals surface area contributed by atoms with Crippen LogP contribution in [0.2, 0.25) is 0 Å². The van der Waals surface area contributed by atoms with Crippen LogP contribution in [0.4, 0.5) is 0 Å². The van der Waals surface area contributed by atoms with E-state index in [-0.39, 0.29) is 4.90 Å². The first-order valence-corrected chi connectivity index (χ1v) is 13.5. The van der Waals surface area contributed by atoms with Crippen LogP contribution in [0.3, 0.4) is 0 Å². The SMILES string of the molecule is Cc1ccc(S(=O)(=O)N[C@H](c2ccccc2)P(=O)(c2ccccc2)c2ccccc2)cc1. The Balaban J connectivity index is 1.92. The lowest BCUT2D eigenvalue weighted by atomic mass is 10.2.